The quantitative estimate of drug-likeness (QED) is 0.627. The Bertz CT molecular complexity index is 864. The van der Waals surface area contributed by atoms with Gasteiger partial charge in [-0.1, -0.05) is 60.7 Å². The number of rotatable bonds is 8. The average molecular weight is 375 g/mol. The van der Waals surface area contributed by atoms with Crippen molar-refractivity contribution in [1.82, 2.24) is 0 Å². The minimum atomic E-state index is -0.191. The van der Waals surface area contributed by atoms with Gasteiger partial charge in [0.2, 0.25) is 0 Å². The fourth-order valence-corrected chi connectivity index (χ4v) is 3.02. The zero-order valence-electron chi connectivity index (χ0n) is 16.3. The number of amides is 1. The molecule has 144 valence electrons. The Labute approximate surface area is 166 Å². The number of nitrogens with two attached hydrogens (primary N) is 1. The smallest absolute Gasteiger partial charge is 0.282 e. The van der Waals surface area contributed by atoms with E-state index in [-0.39, 0.29) is 18.0 Å². The van der Waals surface area contributed by atoms with Gasteiger partial charge in [0.25, 0.3) is 5.91 Å². The summed E-state index contributed by atoms with van der Waals surface area (Å²) in [6, 6.07) is 27.8. The van der Waals surface area contributed by atoms with Crippen LogP contribution in [0.25, 0.3) is 0 Å². The summed E-state index contributed by atoms with van der Waals surface area (Å²) in [5, 5.41) is 5.05. The van der Waals surface area contributed by atoms with E-state index in [2.05, 4.69) is 29.7 Å². The van der Waals surface area contributed by atoms with Crippen molar-refractivity contribution in [2.24, 2.45) is 0 Å². The molecule has 4 heteroatoms. The molecule has 0 fully saturated rings. The number of anilines is 1. The lowest BCUT2D eigenvalue weighted by atomic mass is 10.1. The van der Waals surface area contributed by atoms with Crippen molar-refractivity contribution in [1.29, 1.82) is 0 Å². The molecule has 0 bridgehead atoms. The van der Waals surface area contributed by atoms with Gasteiger partial charge in [0.05, 0.1) is 0 Å². The first-order chi connectivity index (χ1) is 13.6. The van der Waals surface area contributed by atoms with E-state index >= 15 is 0 Å². The van der Waals surface area contributed by atoms with Crippen LogP contribution in [0.2, 0.25) is 0 Å². The fraction of sp³-hybridized carbons (Fsp3) is 0.208. The molecule has 0 heterocycles. The second kappa shape index (κ2) is 9.72. The first-order valence-corrected chi connectivity index (χ1v) is 9.59. The molecule has 4 nitrogen and oxygen atoms in total. The van der Waals surface area contributed by atoms with Gasteiger partial charge in [-0.3, -0.25) is 4.79 Å². The second-order valence-corrected chi connectivity index (χ2v) is 6.97. The normalized spacial score (nSPS) is 12.8. The molecule has 2 atom stereocenters. The van der Waals surface area contributed by atoms with Crippen LogP contribution in [-0.4, -0.2) is 11.9 Å². The van der Waals surface area contributed by atoms with Crippen LogP contribution in [0.5, 0.6) is 5.75 Å². The molecule has 1 amide bonds. The summed E-state index contributed by atoms with van der Waals surface area (Å²) in [6.07, 6.45) is 0. The molecule has 3 aromatic carbocycles. The van der Waals surface area contributed by atoms with E-state index in [1.165, 1.54) is 5.56 Å². The Hall–Kier alpha value is -3.11. The van der Waals surface area contributed by atoms with Crippen LogP contribution >= 0.6 is 0 Å². The highest BCUT2D eigenvalue weighted by atomic mass is 16.5. The molecule has 0 saturated carbocycles. The number of ether oxygens (including phenoxy) is 1. The summed E-state index contributed by atoms with van der Waals surface area (Å²) in [4.78, 5) is 12.5. The molecule has 3 aromatic rings. The SMILES string of the molecule is C[C@@H]([NH2+][C@H](C)c1ccccc1)C(=O)Nc1ccc(OCc2ccccc2)cc1. The summed E-state index contributed by atoms with van der Waals surface area (Å²) < 4.78 is 5.78. The lowest BCUT2D eigenvalue weighted by molar-refractivity contribution is -0.709. The Balaban J connectivity index is 1.49. The monoisotopic (exact) mass is 375 g/mol. The maximum Gasteiger partial charge on any atom is 0.282 e. The summed E-state index contributed by atoms with van der Waals surface area (Å²) in [5.41, 5.74) is 3.10. The van der Waals surface area contributed by atoms with Gasteiger partial charge in [-0.05, 0) is 43.7 Å². The van der Waals surface area contributed by atoms with Crippen molar-refractivity contribution in [3.05, 3.63) is 96.1 Å². The zero-order valence-corrected chi connectivity index (χ0v) is 16.3. The van der Waals surface area contributed by atoms with Gasteiger partial charge >= 0.3 is 0 Å². The van der Waals surface area contributed by atoms with Gasteiger partial charge in [0.1, 0.15) is 18.4 Å². The van der Waals surface area contributed by atoms with Crippen LogP contribution in [0.15, 0.2) is 84.9 Å². The maximum atomic E-state index is 12.5. The van der Waals surface area contributed by atoms with Crippen molar-refractivity contribution >= 4 is 11.6 Å². The van der Waals surface area contributed by atoms with Crippen LogP contribution < -0.4 is 15.4 Å². The van der Waals surface area contributed by atoms with Crippen molar-refractivity contribution in [2.75, 3.05) is 5.32 Å². The van der Waals surface area contributed by atoms with Gasteiger partial charge in [-0.15, -0.1) is 0 Å². The lowest BCUT2D eigenvalue weighted by Gasteiger charge is -2.17. The van der Waals surface area contributed by atoms with Gasteiger partial charge in [0, 0.05) is 11.3 Å². The molecule has 3 rings (SSSR count). The predicted octanol–water partition coefficient (Wildman–Crippen LogP) is 3.92. The molecular formula is C24H27N2O2+. The van der Waals surface area contributed by atoms with Gasteiger partial charge in [-0.2, -0.15) is 0 Å². The van der Waals surface area contributed by atoms with Crippen LogP contribution in [0.3, 0.4) is 0 Å². The zero-order chi connectivity index (χ0) is 19.8. The van der Waals surface area contributed by atoms with Gasteiger partial charge in [0.15, 0.2) is 6.04 Å². The Morgan fingerprint density at radius 2 is 1.50 bits per heavy atom. The number of benzene rings is 3. The van der Waals surface area contributed by atoms with Crippen molar-refractivity contribution in [3.63, 3.8) is 0 Å². The van der Waals surface area contributed by atoms with Crippen LogP contribution in [0.4, 0.5) is 5.69 Å². The van der Waals surface area contributed by atoms with Crippen LogP contribution in [0, 0.1) is 0 Å². The third kappa shape index (κ3) is 5.69. The second-order valence-electron chi connectivity index (χ2n) is 6.97. The van der Waals surface area contributed by atoms with E-state index in [1.54, 1.807) is 0 Å². The lowest BCUT2D eigenvalue weighted by Crippen LogP contribution is -2.91. The topological polar surface area (TPSA) is 54.9 Å². The van der Waals surface area contributed by atoms with E-state index in [0.717, 1.165) is 17.0 Å². The van der Waals surface area contributed by atoms with E-state index in [1.807, 2.05) is 79.7 Å². The summed E-state index contributed by atoms with van der Waals surface area (Å²) in [5.74, 6) is 0.764. The van der Waals surface area contributed by atoms with E-state index in [9.17, 15) is 4.79 Å². The molecule has 3 N–H and O–H groups in total. The standard InChI is InChI=1S/C24H26N2O2/c1-18(21-11-7-4-8-12-21)25-19(2)24(27)26-22-13-15-23(16-14-22)28-17-20-9-5-3-6-10-20/h3-16,18-19,25H,17H2,1-2H3,(H,26,27)/p+1/t18-,19-/m1/s1. The third-order valence-electron chi connectivity index (χ3n) is 4.69. The van der Waals surface area contributed by atoms with Crippen LogP contribution in [-0.2, 0) is 11.4 Å². The predicted molar refractivity (Wildman–Crippen MR) is 112 cm³/mol. The van der Waals surface area contributed by atoms with Crippen molar-refractivity contribution < 1.29 is 14.8 Å². The minimum absolute atomic E-state index is 0.0132. The summed E-state index contributed by atoms with van der Waals surface area (Å²) in [6.45, 7) is 4.56. The molecule has 0 aromatic heterocycles. The molecule has 28 heavy (non-hydrogen) atoms. The highest BCUT2D eigenvalue weighted by molar-refractivity contribution is 5.93. The first kappa shape index (κ1) is 19.6. The average Bonchev–Trinajstić information content (AvgIpc) is 2.74. The maximum absolute atomic E-state index is 12.5. The summed E-state index contributed by atoms with van der Waals surface area (Å²) in [7, 11) is 0. The minimum Gasteiger partial charge on any atom is -0.489 e. The molecule has 0 aliphatic heterocycles. The summed E-state index contributed by atoms with van der Waals surface area (Å²) >= 11 is 0. The molecule has 0 unspecified atom stereocenters. The molecule has 0 aliphatic rings. The van der Waals surface area contributed by atoms with Crippen molar-refractivity contribution in [2.45, 2.75) is 32.5 Å². The van der Waals surface area contributed by atoms with E-state index in [4.69, 9.17) is 4.74 Å². The number of nitrogens with one attached hydrogen (secondary N) is 1. The fourth-order valence-electron chi connectivity index (χ4n) is 3.02. The Morgan fingerprint density at radius 1 is 0.893 bits per heavy atom. The molecule has 0 saturated heterocycles. The third-order valence-corrected chi connectivity index (χ3v) is 4.69. The van der Waals surface area contributed by atoms with Gasteiger partial charge in [-0.25, -0.2) is 0 Å². The number of hydrogen-bond donors (Lipinski definition) is 2. The van der Waals surface area contributed by atoms with Crippen LogP contribution in [0.1, 0.15) is 31.0 Å². The molecule has 0 spiro atoms. The Morgan fingerprint density at radius 3 is 2.14 bits per heavy atom. The molecular weight excluding hydrogens is 348 g/mol. The molecule has 0 aliphatic carbocycles. The van der Waals surface area contributed by atoms with E-state index < -0.39 is 0 Å². The first-order valence-electron chi connectivity index (χ1n) is 9.59. The highest BCUT2D eigenvalue weighted by Crippen LogP contribution is 2.17. The largest absolute Gasteiger partial charge is 0.489 e. The van der Waals surface area contributed by atoms with E-state index in [0.29, 0.717) is 6.61 Å². The number of carbonyl (C=O) groups is 1. The highest BCUT2D eigenvalue weighted by Gasteiger charge is 2.20. The number of carbonyl (C=O) groups excluding carboxylic acids is 1. The number of quaternary nitrogens is 1. The Kier molecular flexibility index (Phi) is 6.82. The molecule has 0 radical (unpaired) electrons. The van der Waals surface area contributed by atoms with Gasteiger partial charge < -0.3 is 15.4 Å². The van der Waals surface area contributed by atoms with Crippen molar-refractivity contribution in [3.8, 4) is 5.75 Å². The number of hydrogen-bond acceptors (Lipinski definition) is 2.